The molecule has 1 amide bonds. The summed E-state index contributed by atoms with van der Waals surface area (Å²) in [6.07, 6.45) is 4.07. The van der Waals surface area contributed by atoms with E-state index < -0.39 is 5.60 Å². The van der Waals surface area contributed by atoms with Crippen molar-refractivity contribution in [3.05, 3.63) is 24.4 Å². The number of anilines is 1. The van der Waals surface area contributed by atoms with Crippen molar-refractivity contribution in [1.29, 1.82) is 0 Å². The molecule has 0 aromatic carbocycles. The Bertz CT molecular complexity index is 553. The van der Waals surface area contributed by atoms with E-state index in [0.29, 0.717) is 44.7 Å². The summed E-state index contributed by atoms with van der Waals surface area (Å²) in [6, 6.07) is 5.45. The van der Waals surface area contributed by atoms with E-state index in [1.165, 1.54) is 0 Å². The Hall–Kier alpha value is -2.11. The molecule has 1 aromatic rings. The Morgan fingerprint density at radius 3 is 2.86 bits per heavy atom. The van der Waals surface area contributed by atoms with Gasteiger partial charge in [-0.05, 0) is 44.7 Å². The van der Waals surface area contributed by atoms with E-state index in [1.807, 2.05) is 19.1 Å². The van der Waals surface area contributed by atoms with Gasteiger partial charge in [0.05, 0.1) is 19.1 Å². The highest BCUT2D eigenvalue weighted by molar-refractivity contribution is 5.89. The van der Waals surface area contributed by atoms with Gasteiger partial charge in [0, 0.05) is 6.20 Å². The topological polar surface area (TPSA) is 68.7 Å². The molecule has 22 heavy (non-hydrogen) atoms. The molecule has 1 aromatic heterocycles. The Morgan fingerprint density at radius 1 is 1.45 bits per heavy atom. The lowest BCUT2D eigenvalue weighted by molar-refractivity contribution is -0.150. The maximum absolute atomic E-state index is 12.1. The van der Waals surface area contributed by atoms with Crippen LogP contribution < -0.4 is 4.90 Å². The van der Waals surface area contributed by atoms with Crippen LogP contribution in [0, 0.1) is 5.92 Å². The number of pyridine rings is 1. The average molecular weight is 304 g/mol. The van der Waals surface area contributed by atoms with Crippen molar-refractivity contribution in [3.63, 3.8) is 0 Å². The summed E-state index contributed by atoms with van der Waals surface area (Å²) in [5, 5.41) is 0. The van der Waals surface area contributed by atoms with Crippen molar-refractivity contribution < 1.29 is 19.1 Å². The largest absolute Gasteiger partial charge is 0.466 e. The number of ether oxygens (including phenoxy) is 2. The zero-order chi connectivity index (χ0) is 15.6. The number of hydrogen-bond acceptors (Lipinski definition) is 5. The van der Waals surface area contributed by atoms with Crippen molar-refractivity contribution in [2.45, 2.75) is 38.2 Å². The summed E-state index contributed by atoms with van der Waals surface area (Å²) in [5.41, 5.74) is -0.488. The molecule has 1 aliphatic heterocycles. The van der Waals surface area contributed by atoms with Crippen molar-refractivity contribution >= 4 is 17.9 Å². The van der Waals surface area contributed by atoms with Gasteiger partial charge in [0.25, 0.3) is 0 Å². The second-order valence-corrected chi connectivity index (χ2v) is 5.85. The van der Waals surface area contributed by atoms with Crippen LogP contribution in [0.2, 0.25) is 0 Å². The van der Waals surface area contributed by atoms with Gasteiger partial charge in [-0.15, -0.1) is 0 Å². The third-order valence-corrected chi connectivity index (χ3v) is 4.41. The molecule has 0 N–H and O–H groups in total. The van der Waals surface area contributed by atoms with Crippen molar-refractivity contribution in [2.24, 2.45) is 5.92 Å². The molecule has 2 fully saturated rings. The lowest BCUT2D eigenvalue weighted by Gasteiger charge is -2.34. The van der Waals surface area contributed by atoms with Crippen molar-refractivity contribution in [3.8, 4) is 0 Å². The van der Waals surface area contributed by atoms with Crippen LogP contribution in [0.5, 0.6) is 0 Å². The number of rotatable bonds is 3. The summed E-state index contributed by atoms with van der Waals surface area (Å²) >= 11 is 0. The number of hydrogen-bond donors (Lipinski definition) is 0. The van der Waals surface area contributed by atoms with Gasteiger partial charge in [-0.3, -0.25) is 9.69 Å². The number of carbonyl (C=O) groups excluding carboxylic acids is 2. The van der Waals surface area contributed by atoms with Crippen LogP contribution in [0.4, 0.5) is 10.6 Å². The summed E-state index contributed by atoms with van der Waals surface area (Å²) in [4.78, 5) is 29.7. The first kappa shape index (κ1) is 14.8. The minimum absolute atomic E-state index is 0.0758. The van der Waals surface area contributed by atoms with E-state index in [1.54, 1.807) is 17.2 Å². The fourth-order valence-electron chi connectivity index (χ4n) is 3.21. The Labute approximate surface area is 129 Å². The van der Waals surface area contributed by atoms with Crippen LogP contribution in [0.15, 0.2) is 24.4 Å². The number of aromatic nitrogens is 1. The number of carbonyl (C=O) groups is 2. The molecule has 1 spiro atoms. The van der Waals surface area contributed by atoms with Crippen molar-refractivity contribution in [1.82, 2.24) is 4.98 Å². The van der Waals surface area contributed by atoms with Crippen LogP contribution in [-0.4, -0.2) is 35.8 Å². The van der Waals surface area contributed by atoms with Gasteiger partial charge in [0.2, 0.25) is 0 Å². The minimum atomic E-state index is -0.488. The Morgan fingerprint density at radius 2 is 2.23 bits per heavy atom. The predicted octanol–water partition coefficient (Wildman–Crippen LogP) is 2.53. The van der Waals surface area contributed by atoms with E-state index in [2.05, 4.69) is 4.98 Å². The van der Waals surface area contributed by atoms with Gasteiger partial charge in [-0.25, -0.2) is 9.78 Å². The van der Waals surface area contributed by atoms with Crippen LogP contribution >= 0.6 is 0 Å². The molecule has 118 valence electrons. The number of amides is 1. The highest BCUT2D eigenvalue weighted by Gasteiger charge is 2.49. The monoisotopic (exact) mass is 304 g/mol. The minimum Gasteiger partial charge on any atom is -0.466 e. The second-order valence-electron chi connectivity index (χ2n) is 5.85. The first-order valence-electron chi connectivity index (χ1n) is 7.72. The van der Waals surface area contributed by atoms with Gasteiger partial charge in [-0.1, -0.05) is 6.07 Å². The van der Waals surface area contributed by atoms with Crippen LogP contribution in [-0.2, 0) is 14.3 Å². The lowest BCUT2D eigenvalue weighted by atomic mass is 9.79. The summed E-state index contributed by atoms with van der Waals surface area (Å²) in [6.45, 7) is 2.72. The fraction of sp³-hybridized carbons (Fsp3) is 0.562. The lowest BCUT2D eigenvalue weighted by Crippen LogP contribution is -2.40. The van der Waals surface area contributed by atoms with E-state index >= 15 is 0 Å². The number of esters is 1. The van der Waals surface area contributed by atoms with Gasteiger partial charge in [0.15, 0.2) is 0 Å². The third kappa shape index (κ3) is 2.77. The second kappa shape index (κ2) is 5.94. The quantitative estimate of drug-likeness (QED) is 0.803. The molecule has 1 aliphatic carbocycles. The van der Waals surface area contributed by atoms with Gasteiger partial charge in [-0.2, -0.15) is 0 Å². The van der Waals surface area contributed by atoms with E-state index in [9.17, 15) is 9.59 Å². The highest BCUT2D eigenvalue weighted by atomic mass is 16.6. The molecule has 3 rings (SSSR count). The molecule has 2 aliphatic rings. The molecule has 6 heteroatoms. The first-order chi connectivity index (χ1) is 10.6. The summed E-state index contributed by atoms with van der Waals surface area (Å²) in [5.74, 6) is 0.397. The average Bonchev–Trinajstić information content (AvgIpc) is 2.85. The maximum Gasteiger partial charge on any atom is 0.416 e. The molecule has 1 saturated carbocycles. The smallest absolute Gasteiger partial charge is 0.416 e. The Kier molecular flexibility index (Phi) is 4.00. The molecule has 0 bridgehead atoms. The molecule has 0 atom stereocenters. The van der Waals surface area contributed by atoms with Crippen molar-refractivity contribution in [2.75, 3.05) is 18.1 Å². The predicted molar refractivity (Wildman–Crippen MR) is 79.4 cm³/mol. The zero-order valence-electron chi connectivity index (χ0n) is 12.7. The van der Waals surface area contributed by atoms with E-state index in [4.69, 9.17) is 9.47 Å². The zero-order valence-corrected chi connectivity index (χ0v) is 12.7. The molecule has 2 heterocycles. The Balaban J connectivity index is 1.65. The van der Waals surface area contributed by atoms with Crippen LogP contribution in [0.1, 0.15) is 32.6 Å². The van der Waals surface area contributed by atoms with Gasteiger partial charge < -0.3 is 9.47 Å². The molecule has 0 radical (unpaired) electrons. The maximum atomic E-state index is 12.1. The summed E-state index contributed by atoms with van der Waals surface area (Å²) < 4.78 is 10.7. The molecular weight excluding hydrogens is 284 g/mol. The van der Waals surface area contributed by atoms with Crippen LogP contribution in [0.3, 0.4) is 0 Å². The standard InChI is InChI=1S/C16H20N2O4/c1-2-21-14(19)12-6-8-16(9-7-12)11-18(15(20)22-16)13-5-3-4-10-17-13/h3-5,10,12H,2,6-9,11H2,1H3. The van der Waals surface area contributed by atoms with E-state index in [0.717, 1.165) is 0 Å². The molecular formula is C16H20N2O4. The normalized spacial score (nSPS) is 27.8. The third-order valence-electron chi connectivity index (χ3n) is 4.41. The molecule has 0 unspecified atom stereocenters. The first-order valence-corrected chi connectivity index (χ1v) is 7.72. The molecule has 1 saturated heterocycles. The number of nitrogens with zero attached hydrogens (tertiary/aromatic N) is 2. The summed E-state index contributed by atoms with van der Waals surface area (Å²) in [7, 11) is 0. The van der Waals surface area contributed by atoms with Gasteiger partial charge in [0.1, 0.15) is 11.4 Å². The highest BCUT2D eigenvalue weighted by Crippen LogP contribution is 2.40. The fourth-order valence-corrected chi connectivity index (χ4v) is 3.21. The van der Waals surface area contributed by atoms with Gasteiger partial charge >= 0.3 is 12.1 Å². The molecule has 6 nitrogen and oxygen atoms in total. The van der Waals surface area contributed by atoms with E-state index in [-0.39, 0.29) is 18.0 Å². The van der Waals surface area contributed by atoms with Crippen LogP contribution in [0.25, 0.3) is 0 Å². The SMILES string of the molecule is CCOC(=O)C1CCC2(CC1)CN(c1ccccn1)C(=O)O2.